The molecule has 2 N–H and O–H groups in total. The molecule has 1 aromatic carbocycles. The molecule has 0 saturated heterocycles. The molecule has 0 spiro atoms. The molecule has 2 heterocycles. The molecule has 29 heavy (non-hydrogen) atoms. The number of nitrogens with zero attached hydrogens (tertiary/aromatic N) is 3. The van der Waals surface area contributed by atoms with Gasteiger partial charge in [0.15, 0.2) is 0 Å². The lowest BCUT2D eigenvalue weighted by Gasteiger charge is -2.22. The summed E-state index contributed by atoms with van der Waals surface area (Å²) in [5.74, 6) is -2.48. The van der Waals surface area contributed by atoms with Crippen molar-refractivity contribution in [2.75, 3.05) is 26.7 Å². The van der Waals surface area contributed by atoms with Crippen LogP contribution in [0.15, 0.2) is 36.4 Å². The summed E-state index contributed by atoms with van der Waals surface area (Å²) in [4.78, 5) is 20.5. The van der Waals surface area contributed by atoms with Gasteiger partial charge in [-0.05, 0) is 36.9 Å². The van der Waals surface area contributed by atoms with Gasteiger partial charge in [0.2, 0.25) is 0 Å². The number of rotatable bonds is 6. The van der Waals surface area contributed by atoms with Gasteiger partial charge in [0, 0.05) is 13.1 Å². The molecule has 0 saturated carbocycles. The lowest BCUT2D eigenvalue weighted by Crippen LogP contribution is -2.25. The molecule has 0 bridgehead atoms. The Bertz CT molecular complexity index is 826. The molecule has 0 radical (unpaired) electrons. The van der Waals surface area contributed by atoms with Gasteiger partial charge in [-0.2, -0.15) is 4.37 Å². The quantitative estimate of drug-likeness (QED) is 0.687. The Morgan fingerprint density at radius 3 is 2.52 bits per heavy atom. The first-order valence-electron chi connectivity index (χ1n) is 9.23. The van der Waals surface area contributed by atoms with E-state index in [1.165, 1.54) is 22.9 Å². The third-order valence-electron chi connectivity index (χ3n) is 4.45. The number of hydrogen-bond acceptors (Lipinski definition) is 7. The number of likely N-dealkylation sites (N-methyl/N-ethyl adjacent to an activating group) is 1. The van der Waals surface area contributed by atoms with Crippen LogP contribution in [0, 0.1) is 0 Å². The van der Waals surface area contributed by atoms with Gasteiger partial charge >= 0.3 is 11.9 Å². The maximum atomic E-state index is 9.10. The molecule has 8 nitrogen and oxygen atoms in total. The first-order chi connectivity index (χ1) is 13.9. The van der Waals surface area contributed by atoms with Gasteiger partial charge in [0.1, 0.15) is 5.69 Å². The summed E-state index contributed by atoms with van der Waals surface area (Å²) in [7, 11) is 2.13. The van der Waals surface area contributed by atoms with E-state index in [9.17, 15) is 0 Å². The van der Waals surface area contributed by atoms with Crippen LogP contribution in [0.2, 0.25) is 0 Å². The van der Waals surface area contributed by atoms with Crippen molar-refractivity contribution in [1.29, 1.82) is 0 Å². The van der Waals surface area contributed by atoms with Crippen molar-refractivity contribution in [3.63, 3.8) is 0 Å². The fourth-order valence-electron chi connectivity index (χ4n) is 2.82. The number of carbonyl (C=O) groups is 2. The number of hydrogen-bond donors (Lipinski definition) is 2. The van der Waals surface area contributed by atoms with Crippen molar-refractivity contribution < 1.29 is 24.5 Å². The maximum absolute atomic E-state index is 9.10. The van der Waals surface area contributed by atoms with Gasteiger partial charge in [-0.1, -0.05) is 43.3 Å². The average molecular weight is 420 g/mol. The number of aromatic nitrogens is 2. The Labute approximate surface area is 173 Å². The molecule has 0 aliphatic carbocycles. The Hall–Kier alpha value is -2.78. The van der Waals surface area contributed by atoms with Crippen LogP contribution in [0.5, 0.6) is 5.88 Å². The largest absolute Gasteiger partial charge is 0.475 e. The normalized spacial score (nSPS) is 14.9. The van der Waals surface area contributed by atoms with Crippen molar-refractivity contribution in [2.45, 2.75) is 25.7 Å². The summed E-state index contributed by atoms with van der Waals surface area (Å²) >= 11 is 1.23. The molecule has 3 rings (SSSR count). The van der Waals surface area contributed by atoms with Crippen LogP contribution in [0.3, 0.4) is 0 Å². The van der Waals surface area contributed by atoms with E-state index in [-0.39, 0.29) is 0 Å². The molecule has 0 amide bonds. The SMILES string of the molecule is CC(CCOc1nsnc1C1=CCCN(C)C1)c1ccccc1.O=C(O)C(=O)O. The lowest BCUT2D eigenvalue weighted by atomic mass is 9.98. The first-order valence-corrected chi connectivity index (χ1v) is 9.96. The van der Waals surface area contributed by atoms with E-state index in [2.05, 4.69) is 64.0 Å². The molecule has 1 aliphatic rings. The summed E-state index contributed by atoms with van der Waals surface area (Å²) in [5.41, 5.74) is 3.51. The van der Waals surface area contributed by atoms with Crippen molar-refractivity contribution in [2.24, 2.45) is 0 Å². The Balaban J connectivity index is 0.000000438. The number of aliphatic carboxylic acids is 2. The van der Waals surface area contributed by atoms with Gasteiger partial charge in [0.25, 0.3) is 5.88 Å². The van der Waals surface area contributed by atoms with Crippen LogP contribution in [0.4, 0.5) is 0 Å². The van der Waals surface area contributed by atoms with E-state index in [1.807, 2.05) is 0 Å². The minimum atomic E-state index is -1.82. The summed E-state index contributed by atoms with van der Waals surface area (Å²) in [5, 5.41) is 14.8. The van der Waals surface area contributed by atoms with Crippen molar-refractivity contribution >= 4 is 29.2 Å². The van der Waals surface area contributed by atoms with Gasteiger partial charge in [-0.15, -0.1) is 4.37 Å². The Morgan fingerprint density at radius 2 is 1.90 bits per heavy atom. The van der Waals surface area contributed by atoms with Gasteiger partial charge in [0.05, 0.1) is 18.3 Å². The second-order valence-corrected chi connectivity index (χ2v) is 7.26. The van der Waals surface area contributed by atoms with Crippen molar-refractivity contribution in [3.8, 4) is 5.88 Å². The summed E-state index contributed by atoms with van der Waals surface area (Å²) < 4.78 is 14.7. The second kappa shape index (κ2) is 11.3. The minimum absolute atomic E-state index is 0.478. The lowest BCUT2D eigenvalue weighted by molar-refractivity contribution is -0.159. The molecule has 1 aliphatic heterocycles. The second-order valence-electron chi connectivity index (χ2n) is 6.73. The highest BCUT2D eigenvalue weighted by atomic mass is 32.1. The molecule has 9 heteroatoms. The van der Waals surface area contributed by atoms with Gasteiger partial charge in [-0.3, -0.25) is 0 Å². The predicted octanol–water partition coefficient (Wildman–Crippen LogP) is 2.99. The average Bonchev–Trinajstić information content (AvgIpc) is 3.17. The van der Waals surface area contributed by atoms with Crippen molar-refractivity contribution in [1.82, 2.24) is 13.6 Å². The smallest absolute Gasteiger partial charge is 0.414 e. The molecule has 156 valence electrons. The predicted molar refractivity (Wildman–Crippen MR) is 110 cm³/mol. The highest BCUT2D eigenvalue weighted by molar-refractivity contribution is 6.99. The number of ether oxygens (including phenoxy) is 1. The maximum Gasteiger partial charge on any atom is 0.414 e. The van der Waals surface area contributed by atoms with Crippen LogP contribution < -0.4 is 4.74 Å². The molecule has 1 atom stereocenters. The summed E-state index contributed by atoms with van der Waals surface area (Å²) in [6.07, 6.45) is 4.30. The van der Waals surface area contributed by atoms with E-state index in [0.717, 1.165) is 31.6 Å². The van der Waals surface area contributed by atoms with E-state index in [4.69, 9.17) is 24.5 Å². The third-order valence-corrected chi connectivity index (χ3v) is 4.96. The number of carboxylic acid groups (broad SMARTS) is 2. The van der Waals surface area contributed by atoms with Gasteiger partial charge < -0.3 is 19.8 Å². The Kier molecular flexibility index (Phi) is 8.75. The van der Waals surface area contributed by atoms with Crippen LogP contribution >= 0.6 is 11.7 Å². The zero-order chi connectivity index (χ0) is 21.2. The first kappa shape index (κ1) is 22.5. The fourth-order valence-corrected chi connectivity index (χ4v) is 3.35. The highest BCUT2D eigenvalue weighted by Crippen LogP contribution is 2.27. The van der Waals surface area contributed by atoms with Crippen LogP contribution in [0.1, 0.15) is 36.9 Å². The summed E-state index contributed by atoms with van der Waals surface area (Å²) in [6, 6.07) is 10.6. The Morgan fingerprint density at radius 1 is 1.21 bits per heavy atom. The van der Waals surface area contributed by atoms with E-state index < -0.39 is 11.9 Å². The zero-order valence-corrected chi connectivity index (χ0v) is 17.3. The molecule has 0 fully saturated rings. The number of benzene rings is 1. The fraction of sp³-hybridized carbons (Fsp3) is 0.400. The topological polar surface area (TPSA) is 113 Å². The highest BCUT2D eigenvalue weighted by Gasteiger charge is 2.18. The molecular formula is C20H25N3O5S. The number of carboxylic acids is 2. The van der Waals surface area contributed by atoms with E-state index in [0.29, 0.717) is 18.4 Å². The standard InChI is InChI=1S/C18H23N3OS.C2H2O4/c1-14(15-7-4-3-5-8-15)10-12-22-18-17(19-23-20-18)16-9-6-11-21(2)13-16;3-1(4)2(5)6/h3-5,7-9,14H,6,10-13H2,1-2H3;(H,3,4)(H,5,6). The molecule has 1 unspecified atom stereocenters. The monoisotopic (exact) mass is 419 g/mol. The van der Waals surface area contributed by atoms with E-state index >= 15 is 0 Å². The molecule has 2 aromatic rings. The summed E-state index contributed by atoms with van der Waals surface area (Å²) in [6.45, 7) is 4.92. The minimum Gasteiger partial charge on any atom is -0.475 e. The third kappa shape index (κ3) is 7.28. The van der Waals surface area contributed by atoms with Crippen molar-refractivity contribution in [3.05, 3.63) is 47.7 Å². The van der Waals surface area contributed by atoms with Crippen LogP contribution in [-0.2, 0) is 9.59 Å². The van der Waals surface area contributed by atoms with Gasteiger partial charge in [-0.25, -0.2) is 9.59 Å². The molecule has 1 aromatic heterocycles. The van der Waals surface area contributed by atoms with E-state index in [1.54, 1.807) is 0 Å². The van der Waals surface area contributed by atoms with Crippen LogP contribution in [0.25, 0.3) is 5.57 Å². The van der Waals surface area contributed by atoms with Crippen LogP contribution in [-0.4, -0.2) is 62.5 Å². The zero-order valence-electron chi connectivity index (χ0n) is 16.4. The molecular weight excluding hydrogens is 394 g/mol.